The van der Waals surface area contributed by atoms with Crippen LogP contribution in [-0.2, 0) is 3.75 Å². The molecule has 0 aromatic carbocycles. The van der Waals surface area contributed by atoms with Gasteiger partial charge in [-0.15, -0.1) is 0 Å². The Morgan fingerprint density at radius 3 is 0.375 bits per heavy atom. The molecule has 0 heterocycles. The van der Waals surface area contributed by atoms with Crippen LogP contribution in [0.15, 0.2) is 0 Å². The minimum atomic E-state index is 0.0556. The Morgan fingerprint density at radius 1 is 0.375 bits per heavy atom. The van der Waals surface area contributed by atoms with E-state index in [9.17, 15) is 0 Å². The van der Waals surface area contributed by atoms with Gasteiger partial charge in [-0.3, -0.25) is 0 Å². The molecule has 0 aliphatic rings. The van der Waals surface area contributed by atoms with Gasteiger partial charge < -0.3 is 0 Å². The summed E-state index contributed by atoms with van der Waals surface area (Å²) < 4.78 is 33.6. The number of rotatable bonds is 0. The van der Waals surface area contributed by atoms with E-state index in [1.54, 1.807) is 0 Å². The quantitative estimate of drug-likeness (QED) is 0.366. The standard InChI is InChI=1S/4Ce.4O. The zero-order chi connectivity index (χ0) is 8.00. The summed E-state index contributed by atoms with van der Waals surface area (Å²) in [6.07, 6.45) is 0. The zero-order valence-corrected chi connectivity index (χ0v) is 16.2. The molecule has 0 saturated carbocycles. The topological polar surface area (TPSA) is 68.3 Å². The molecule has 0 radical (unpaired) electrons. The van der Waals surface area contributed by atoms with Crippen molar-refractivity contribution in [2.45, 2.75) is 0 Å². The van der Waals surface area contributed by atoms with Crippen molar-refractivity contribution in [1.82, 2.24) is 0 Å². The molecule has 0 aliphatic carbocycles. The van der Waals surface area contributed by atoms with Gasteiger partial charge in [-0.1, -0.05) is 0 Å². The Labute approximate surface area is 157 Å². The second kappa shape index (κ2) is 60.6. The predicted molar refractivity (Wildman–Crippen MR) is 2.75 cm³/mol. The third-order valence-corrected chi connectivity index (χ3v) is 0. The van der Waals surface area contributed by atoms with Crippen molar-refractivity contribution in [3.05, 3.63) is 0 Å². The van der Waals surface area contributed by atoms with Gasteiger partial charge in [0.05, 0.1) is 0 Å². The third-order valence-electron chi connectivity index (χ3n) is 0. The summed E-state index contributed by atoms with van der Waals surface area (Å²) in [7, 11) is 0. The van der Waals surface area contributed by atoms with E-state index in [0.29, 0.717) is 0 Å². The second-order valence-corrected chi connectivity index (χ2v) is 0. The van der Waals surface area contributed by atoms with Crippen molar-refractivity contribution < 1.29 is 163 Å². The van der Waals surface area contributed by atoms with Gasteiger partial charge in [0, 0.05) is 0 Å². The summed E-state index contributed by atoms with van der Waals surface area (Å²) in [6, 6.07) is 0. The first kappa shape index (κ1) is 23.0. The van der Waals surface area contributed by atoms with Crippen LogP contribution >= 0.6 is 0 Å². The summed E-state index contributed by atoms with van der Waals surface area (Å²) in [5.41, 5.74) is 0. The fraction of sp³-hybridized carbons (Fsp3) is 0. The molecule has 8 heavy (non-hydrogen) atoms. The Morgan fingerprint density at radius 2 is 0.375 bits per heavy atom. The molecule has 4 nitrogen and oxygen atoms in total. The molecule has 8 heteroatoms. The van der Waals surface area contributed by atoms with Crippen LogP contribution < -0.4 is 0 Å². The van der Waals surface area contributed by atoms with Gasteiger partial charge in [0.1, 0.15) is 0 Å². The van der Waals surface area contributed by atoms with Crippen LogP contribution in [0.25, 0.3) is 0 Å². The van der Waals surface area contributed by atoms with E-state index in [4.69, 9.17) is 3.75 Å². The molecule has 0 spiro atoms. The molecule has 0 saturated heterocycles. The normalized spacial score (nSPS) is 1.50. The monoisotopic (exact) mass is 624 g/mol. The molecule has 0 bridgehead atoms. The average molecular weight is 624 g/mol. The summed E-state index contributed by atoms with van der Waals surface area (Å²) in [6.45, 7) is 0. The van der Waals surface area contributed by atoms with Crippen LogP contribution in [0.2, 0.25) is 0 Å². The maximum absolute atomic E-state index is 8.39. The molecule has 0 unspecified atom stereocenters. The maximum atomic E-state index is 8.39. The van der Waals surface area contributed by atoms with E-state index in [1.807, 2.05) is 0 Å². The molecule has 0 aromatic rings. The molecule has 0 rings (SSSR count). The molecule has 0 amide bonds. The van der Waals surface area contributed by atoms with Crippen LogP contribution in [0.3, 0.4) is 0 Å². The van der Waals surface area contributed by atoms with Gasteiger partial charge >= 0.3 is 163 Å². The van der Waals surface area contributed by atoms with E-state index in [-0.39, 0.29) is 159 Å². The van der Waals surface area contributed by atoms with Gasteiger partial charge in [-0.25, -0.2) is 0 Å². The van der Waals surface area contributed by atoms with Crippen LogP contribution in [0, 0.1) is 159 Å². The Hall–Kier alpha value is 4.71. The number of hydrogen-bond donors (Lipinski definition) is 0. The van der Waals surface area contributed by atoms with Gasteiger partial charge in [-0.2, -0.15) is 0 Å². The SMILES string of the molecule is [O]=[Ce].[O]=[Ce].[O]=[Ce].[O]=[Ce]. The minimum absolute atomic E-state index is 0.0556. The van der Waals surface area contributed by atoms with Crippen LogP contribution in [-0.4, -0.2) is 0 Å². The zero-order valence-electron chi connectivity index (χ0n) is 3.63. The molecule has 0 N–H and O–H groups in total. The van der Waals surface area contributed by atoms with E-state index < -0.39 is 0 Å². The van der Waals surface area contributed by atoms with Crippen molar-refractivity contribution in [2.24, 2.45) is 0 Å². The van der Waals surface area contributed by atoms with Crippen molar-refractivity contribution in [2.75, 3.05) is 0 Å². The van der Waals surface area contributed by atoms with E-state index in [1.165, 1.54) is 0 Å². The van der Waals surface area contributed by atoms with Gasteiger partial charge in [-0.05, 0) is 0 Å². The second-order valence-electron chi connectivity index (χ2n) is 0. The van der Waals surface area contributed by atoms with E-state index in [0.717, 1.165) is 0 Å². The van der Waals surface area contributed by atoms with Crippen molar-refractivity contribution in [1.29, 1.82) is 0 Å². The summed E-state index contributed by atoms with van der Waals surface area (Å²) >= 11 is 0.222. The van der Waals surface area contributed by atoms with E-state index in [2.05, 4.69) is 0 Å². The van der Waals surface area contributed by atoms with Crippen molar-refractivity contribution >= 4 is 0 Å². The molecule has 0 aliphatic heterocycles. The Bertz CT molecular complexity index is 16.0. The summed E-state index contributed by atoms with van der Waals surface area (Å²) in [5.74, 6) is 0. The van der Waals surface area contributed by atoms with Crippen molar-refractivity contribution in [3.63, 3.8) is 0 Å². The van der Waals surface area contributed by atoms with E-state index >= 15 is 0 Å². The first-order valence-corrected chi connectivity index (χ1v) is 5.94. The molecular formula is Ce4O4. The Balaban J connectivity index is -0.0000000133. The average Bonchev–Trinajstić information content (AvgIpc) is 2.03. The fourth-order valence-electron chi connectivity index (χ4n) is 0. The first-order valence-electron chi connectivity index (χ1n) is 0.816. The first-order chi connectivity index (χ1) is 4.00. The third kappa shape index (κ3) is 45.5. The van der Waals surface area contributed by atoms with Gasteiger partial charge in [0.25, 0.3) is 0 Å². The molecular weight excluding hydrogens is 624 g/mol. The Kier molecular flexibility index (Phi) is 174. The predicted octanol–water partition coefficient (Wildman–Crippen LogP) is -0.475. The molecule has 0 atom stereocenters. The van der Waals surface area contributed by atoms with Crippen LogP contribution in [0.4, 0.5) is 0 Å². The summed E-state index contributed by atoms with van der Waals surface area (Å²) in [5, 5.41) is 0. The fourth-order valence-corrected chi connectivity index (χ4v) is 0. The molecule has 0 fully saturated rings. The number of hydrogen-bond acceptors (Lipinski definition) is 4. The van der Waals surface area contributed by atoms with Crippen molar-refractivity contribution in [3.8, 4) is 0 Å². The summed E-state index contributed by atoms with van der Waals surface area (Å²) in [4.78, 5) is 0. The van der Waals surface area contributed by atoms with Gasteiger partial charge in [0.2, 0.25) is 0 Å². The molecule has 40 valence electrons. The molecule has 0 aromatic heterocycles. The van der Waals surface area contributed by atoms with Crippen LogP contribution in [0.5, 0.6) is 0 Å². The van der Waals surface area contributed by atoms with Crippen LogP contribution in [0.1, 0.15) is 0 Å². The van der Waals surface area contributed by atoms with Gasteiger partial charge in [0.15, 0.2) is 0 Å².